The molecule has 0 bridgehead atoms. The Kier molecular flexibility index (Phi) is 4.39. The molecule has 1 heterocycles. The maximum Gasteiger partial charge on any atom is 0.185 e. The van der Waals surface area contributed by atoms with Crippen molar-refractivity contribution in [1.82, 2.24) is 0 Å². The molecule has 0 spiro atoms. The molecule has 3 rings (SSSR count). The fraction of sp³-hybridized carbons (Fsp3) is 0.0556. The summed E-state index contributed by atoms with van der Waals surface area (Å²) in [7, 11) is 0. The summed E-state index contributed by atoms with van der Waals surface area (Å²) >= 11 is 1.65. The lowest BCUT2D eigenvalue weighted by Gasteiger charge is -2.07. The van der Waals surface area contributed by atoms with Crippen molar-refractivity contribution >= 4 is 18.0 Å². The molecule has 2 nitrogen and oxygen atoms in total. The van der Waals surface area contributed by atoms with Crippen LogP contribution in [0, 0.1) is 5.82 Å². The van der Waals surface area contributed by atoms with E-state index >= 15 is 0 Å². The molecular weight excluding hydrogens is 299 g/mol. The van der Waals surface area contributed by atoms with Crippen LogP contribution in [-0.4, -0.2) is 6.29 Å². The van der Waals surface area contributed by atoms with Gasteiger partial charge in [-0.25, -0.2) is 4.39 Å². The molecule has 22 heavy (non-hydrogen) atoms. The Morgan fingerprint density at radius 2 is 1.77 bits per heavy atom. The molecule has 4 heteroatoms. The maximum absolute atomic E-state index is 12.9. The molecule has 3 aromatic rings. The molecule has 0 fully saturated rings. The Bertz CT molecular complexity index is 778. The van der Waals surface area contributed by atoms with Crippen LogP contribution < -0.4 is 0 Å². The van der Waals surface area contributed by atoms with Gasteiger partial charge in [0.1, 0.15) is 11.6 Å². The van der Waals surface area contributed by atoms with Crippen LogP contribution in [0.25, 0.3) is 11.3 Å². The summed E-state index contributed by atoms with van der Waals surface area (Å²) in [5, 5.41) is 0. The highest BCUT2D eigenvalue weighted by molar-refractivity contribution is 7.98. The van der Waals surface area contributed by atoms with Crippen molar-refractivity contribution in [1.29, 1.82) is 0 Å². The standard InChI is InChI=1S/C18H13FO2S/c19-14-7-5-13(6-8-14)12-22-18-4-2-1-3-16(18)17-10-9-15(11-20)21-17/h1-11H,12H2. The van der Waals surface area contributed by atoms with Crippen LogP contribution in [0.4, 0.5) is 4.39 Å². The lowest BCUT2D eigenvalue weighted by Crippen LogP contribution is -1.84. The minimum Gasteiger partial charge on any atom is -0.453 e. The molecular formula is C18H13FO2S. The molecule has 0 aliphatic heterocycles. The minimum absolute atomic E-state index is 0.230. The third-order valence-corrected chi connectivity index (χ3v) is 4.35. The van der Waals surface area contributed by atoms with Crippen LogP contribution in [-0.2, 0) is 5.75 Å². The van der Waals surface area contributed by atoms with E-state index in [4.69, 9.17) is 4.42 Å². The highest BCUT2D eigenvalue weighted by Crippen LogP contribution is 2.34. The van der Waals surface area contributed by atoms with Gasteiger partial charge in [0.15, 0.2) is 12.0 Å². The van der Waals surface area contributed by atoms with Gasteiger partial charge in [0.05, 0.1) is 0 Å². The number of aldehydes is 1. The van der Waals surface area contributed by atoms with Crippen LogP contribution >= 0.6 is 11.8 Å². The number of hydrogen-bond donors (Lipinski definition) is 0. The molecule has 0 saturated heterocycles. The Balaban J connectivity index is 1.82. The first-order valence-electron chi connectivity index (χ1n) is 6.78. The highest BCUT2D eigenvalue weighted by atomic mass is 32.2. The van der Waals surface area contributed by atoms with Crippen molar-refractivity contribution < 1.29 is 13.6 Å². The molecule has 0 N–H and O–H groups in total. The number of benzene rings is 2. The smallest absolute Gasteiger partial charge is 0.185 e. The maximum atomic E-state index is 12.9. The fourth-order valence-corrected chi connectivity index (χ4v) is 3.11. The van der Waals surface area contributed by atoms with Crippen molar-refractivity contribution in [3.8, 4) is 11.3 Å². The number of furan rings is 1. The van der Waals surface area contributed by atoms with Crippen LogP contribution in [0.2, 0.25) is 0 Å². The van der Waals surface area contributed by atoms with Crippen molar-refractivity contribution in [3.63, 3.8) is 0 Å². The number of thioether (sulfide) groups is 1. The Morgan fingerprint density at radius 1 is 1.00 bits per heavy atom. The third kappa shape index (κ3) is 3.28. The van der Waals surface area contributed by atoms with Gasteiger partial charge < -0.3 is 4.42 Å². The average Bonchev–Trinajstić information content (AvgIpc) is 3.03. The van der Waals surface area contributed by atoms with Crippen molar-refractivity contribution in [2.24, 2.45) is 0 Å². The number of carbonyl (C=O) groups is 1. The van der Waals surface area contributed by atoms with Gasteiger partial charge in [0, 0.05) is 16.2 Å². The Labute approximate surface area is 132 Å². The largest absolute Gasteiger partial charge is 0.453 e. The van der Waals surface area contributed by atoms with Crippen LogP contribution in [0.3, 0.4) is 0 Å². The summed E-state index contributed by atoms with van der Waals surface area (Å²) in [6.07, 6.45) is 0.692. The second-order valence-electron chi connectivity index (χ2n) is 4.73. The summed E-state index contributed by atoms with van der Waals surface area (Å²) in [5.41, 5.74) is 2.00. The van der Waals surface area contributed by atoms with Gasteiger partial charge in [-0.15, -0.1) is 11.8 Å². The average molecular weight is 312 g/mol. The molecule has 110 valence electrons. The molecule has 2 aromatic carbocycles. The third-order valence-electron chi connectivity index (χ3n) is 3.20. The first-order chi connectivity index (χ1) is 10.8. The molecule has 1 aromatic heterocycles. The van der Waals surface area contributed by atoms with E-state index in [2.05, 4.69) is 0 Å². The van der Waals surface area contributed by atoms with E-state index in [0.29, 0.717) is 17.8 Å². The normalized spacial score (nSPS) is 10.6. The number of rotatable bonds is 5. The van der Waals surface area contributed by atoms with Crippen molar-refractivity contribution in [2.75, 3.05) is 0 Å². The summed E-state index contributed by atoms with van der Waals surface area (Å²) < 4.78 is 18.4. The van der Waals surface area contributed by atoms with Gasteiger partial charge in [-0.2, -0.15) is 0 Å². The zero-order chi connectivity index (χ0) is 15.4. The quantitative estimate of drug-likeness (QED) is 0.480. The number of halogens is 1. The molecule has 0 unspecified atom stereocenters. The lowest BCUT2D eigenvalue weighted by molar-refractivity contribution is 0.110. The molecule has 0 atom stereocenters. The predicted octanol–water partition coefficient (Wildman–Crippen LogP) is 5.19. The number of carbonyl (C=O) groups excluding carboxylic acids is 1. The minimum atomic E-state index is -0.230. The summed E-state index contributed by atoms with van der Waals surface area (Å²) in [6.45, 7) is 0. The summed E-state index contributed by atoms with van der Waals surface area (Å²) in [4.78, 5) is 11.8. The monoisotopic (exact) mass is 312 g/mol. The van der Waals surface area contributed by atoms with E-state index in [1.807, 2.05) is 24.3 Å². The zero-order valence-corrected chi connectivity index (χ0v) is 12.5. The number of hydrogen-bond acceptors (Lipinski definition) is 3. The van der Waals surface area contributed by atoms with Crippen molar-refractivity contribution in [3.05, 3.63) is 77.8 Å². The van der Waals surface area contributed by atoms with Gasteiger partial charge >= 0.3 is 0 Å². The van der Waals surface area contributed by atoms with E-state index in [-0.39, 0.29) is 5.82 Å². The lowest BCUT2D eigenvalue weighted by atomic mass is 10.2. The molecule has 0 amide bonds. The van der Waals surface area contributed by atoms with E-state index in [1.165, 1.54) is 12.1 Å². The highest BCUT2D eigenvalue weighted by Gasteiger charge is 2.09. The van der Waals surface area contributed by atoms with E-state index in [9.17, 15) is 9.18 Å². The SMILES string of the molecule is O=Cc1ccc(-c2ccccc2SCc2ccc(F)cc2)o1. The van der Waals surface area contributed by atoms with Gasteiger partial charge in [0.25, 0.3) is 0 Å². The van der Waals surface area contributed by atoms with E-state index in [0.717, 1.165) is 21.8 Å². The van der Waals surface area contributed by atoms with Crippen LogP contribution in [0.1, 0.15) is 16.1 Å². The van der Waals surface area contributed by atoms with Crippen molar-refractivity contribution in [2.45, 2.75) is 10.6 Å². The predicted molar refractivity (Wildman–Crippen MR) is 85.5 cm³/mol. The Hall–Kier alpha value is -2.33. The van der Waals surface area contributed by atoms with Gasteiger partial charge in [0.2, 0.25) is 0 Å². The zero-order valence-electron chi connectivity index (χ0n) is 11.7. The topological polar surface area (TPSA) is 30.2 Å². The first kappa shape index (κ1) is 14.6. The fourth-order valence-electron chi connectivity index (χ4n) is 2.10. The Morgan fingerprint density at radius 3 is 2.50 bits per heavy atom. The summed E-state index contributed by atoms with van der Waals surface area (Å²) in [5.74, 6) is 1.49. The van der Waals surface area contributed by atoms with Gasteiger partial charge in [-0.05, 0) is 35.9 Å². The molecule has 0 aliphatic rings. The van der Waals surface area contributed by atoms with Crippen LogP contribution in [0.5, 0.6) is 0 Å². The molecule has 0 aliphatic carbocycles. The van der Waals surface area contributed by atoms with Crippen LogP contribution in [0.15, 0.2) is 70.0 Å². The second kappa shape index (κ2) is 6.62. The molecule has 0 radical (unpaired) electrons. The second-order valence-corrected chi connectivity index (χ2v) is 5.75. The van der Waals surface area contributed by atoms with Gasteiger partial charge in [-0.1, -0.05) is 30.3 Å². The first-order valence-corrected chi connectivity index (χ1v) is 7.76. The summed E-state index contributed by atoms with van der Waals surface area (Å²) in [6, 6.07) is 17.8. The van der Waals surface area contributed by atoms with Gasteiger partial charge in [-0.3, -0.25) is 4.79 Å². The molecule has 0 saturated carbocycles. The van der Waals surface area contributed by atoms with E-state index in [1.54, 1.807) is 36.0 Å². The van der Waals surface area contributed by atoms with E-state index < -0.39 is 0 Å².